The van der Waals surface area contributed by atoms with Crippen LogP contribution < -0.4 is 5.32 Å². The third kappa shape index (κ3) is 5.32. The molecule has 0 saturated carbocycles. The number of sulfonamides is 1. The molecule has 0 aromatic rings. The van der Waals surface area contributed by atoms with Crippen molar-refractivity contribution in [1.29, 1.82) is 0 Å². The first kappa shape index (κ1) is 15.2. The zero-order valence-electron chi connectivity index (χ0n) is 10.2. The van der Waals surface area contributed by atoms with E-state index in [4.69, 9.17) is 0 Å². The van der Waals surface area contributed by atoms with Gasteiger partial charge in [0.1, 0.15) is 0 Å². The molecule has 1 N–H and O–H groups in total. The molecule has 1 amide bonds. The van der Waals surface area contributed by atoms with E-state index in [-0.39, 0.29) is 19.1 Å². The second-order valence-corrected chi connectivity index (χ2v) is 5.48. The molecule has 7 heteroatoms. The topological polar surface area (TPSA) is 75.7 Å². The fourth-order valence-electron chi connectivity index (χ4n) is 1.26. The molecule has 0 rings (SSSR count). The summed E-state index contributed by atoms with van der Waals surface area (Å²) in [5.74, 6) is 0. The molecule has 0 aromatic heterocycles. The van der Waals surface area contributed by atoms with E-state index in [1.165, 1.54) is 11.4 Å². The first-order valence-corrected chi connectivity index (χ1v) is 6.96. The highest BCUT2D eigenvalue weighted by molar-refractivity contribution is 7.88. The van der Waals surface area contributed by atoms with Crippen molar-refractivity contribution in [1.82, 2.24) is 9.62 Å². The standard InChI is InChI=1S/C9H20N2O4S/c1-5-8(2)11(16(4,13)14)7-6-10-9(12)15-3/h8H,5-7H2,1-4H3,(H,10,12). The van der Waals surface area contributed by atoms with Crippen molar-refractivity contribution in [2.24, 2.45) is 0 Å². The molecule has 1 atom stereocenters. The molecule has 0 radical (unpaired) electrons. The van der Waals surface area contributed by atoms with E-state index in [2.05, 4.69) is 10.1 Å². The number of rotatable bonds is 6. The predicted molar refractivity (Wildman–Crippen MR) is 61.7 cm³/mol. The Bertz CT molecular complexity index is 315. The van der Waals surface area contributed by atoms with Crippen LogP contribution in [0.3, 0.4) is 0 Å². The predicted octanol–water partition coefficient (Wildman–Crippen LogP) is 0.403. The maximum Gasteiger partial charge on any atom is 0.406 e. The largest absolute Gasteiger partial charge is 0.453 e. The minimum absolute atomic E-state index is 0.0746. The molecule has 6 nitrogen and oxygen atoms in total. The fraction of sp³-hybridized carbons (Fsp3) is 0.889. The van der Waals surface area contributed by atoms with Crippen molar-refractivity contribution < 1.29 is 17.9 Å². The number of hydrogen-bond acceptors (Lipinski definition) is 4. The maximum atomic E-state index is 11.5. The van der Waals surface area contributed by atoms with Crippen molar-refractivity contribution in [2.75, 3.05) is 26.5 Å². The van der Waals surface area contributed by atoms with Gasteiger partial charge in [-0.1, -0.05) is 6.92 Å². The molecule has 96 valence electrons. The lowest BCUT2D eigenvalue weighted by molar-refractivity contribution is 0.169. The normalized spacial score (nSPS) is 13.6. The summed E-state index contributed by atoms with van der Waals surface area (Å²) in [5, 5.41) is 2.45. The van der Waals surface area contributed by atoms with Crippen molar-refractivity contribution in [3.05, 3.63) is 0 Å². The molecule has 0 bridgehead atoms. The summed E-state index contributed by atoms with van der Waals surface area (Å²) in [4.78, 5) is 10.8. The van der Waals surface area contributed by atoms with Gasteiger partial charge in [0.05, 0.1) is 13.4 Å². The second-order valence-electron chi connectivity index (χ2n) is 3.55. The van der Waals surface area contributed by atoms with Crippen LogP contribution in [0.1, 0.15) is 20.3 Å². The summed E-state index contributed by atoms with van der Waals surface area (Å²) < 4.78 is 28.7. The van der Waals surface area contributed by atoms with E-state index in [9.17, 15) is 13.2 Å². The number of nitrogens with one attached hydrogen (secondary N) is 1. The van der Waals surface area contributed by atoms with Gasteiger partial charge in [0.2, 0.25) is 10.0 Å². The van der Waals surface area contributed by atoms with Gasteiger partial charge in [0.25, 0.3) is 0 Å². The van der Waals surface area contributed by atoms with Crippen LogP contribution in [0, 0.1) is 0 Å². The Morgan fingerprint density at radius 1 is 1.50 bits per heavy atom. The van der Waals surface area contributed by atoms with Gasteiger partial charge in [0, 0.05) is 19.1 Å². The summed E-state index contributed by atoms with van der Waals surface area (Å²) in [6.45, 7) is 4.24. The van der Waals surface area contributed by atoms with Crippen LogP contribution in [0.5, 0.6) is 0 Å². The molecule has 0 spiro atoms. The maximum absolute atomic E-state index is 11.5. The van der Waals surface area contributed by atoms with E-state index < -0.39 is 16.1 Å². The number of alkyl carbamates (subject to hydrolysis) is 1. The van der Waals surface area contributed by atoms with Gasteiger partial charge in [-0.3, -0.25) is 0 Å². The van der Waals surface area contributed by atoms with Crippen molar-refractivity contribution in [3.8, 4) is 0 Å². The highest BCUT2D eigenvalue weighted by atomic mass is 32.2. The number of hydrogen-bond donors (Lipinski definition) is 1. The van der Waals surface area contributed by atoms with Crippen LogP contribution in [0.4, 0.5) is 4.79 Å². The number of ether oxygens (including phenoxy) is 1. The summed E-state index contributed by atoms with van der Waals surface area (Å²) in [7, 11) is -1.98. The lowest BCUT2D eigenvalue weighted by Crippen LogP contribution is -2.42. The zero-order valence-corrected chi connectivity index (χ0v) is 11.0. The quantitative estimate of drug-likeness (QED) is 0.742. The minimum Gasteiger partial charge on any atom is -0.453 e. The molecule has 0 fully saturated rings. The zero-order chi connectivity index (χ0) is 12.8. The molecule has 1 unspecified atom stereocenters. The highest BCUT2D eigenvalue weighted by Crippen LogP contribution is 2.07. The van der Waals surface area contributed by atoms with Gasteiger partial charge in [-0.25, -0.2) is 13.2 Å². The Balaban J connectivity index is 4.30. The Labute approximate surface area is 97.0 Å². The van der Waals surface area contributed by atoms with E-state index in [1.807, 2.05) is 13.8 Å². The number of carbonyl (C=O) groups is 1. The van der Waals surface area contributed by atoms with Gasteiger partial charge in [-0.2, -0.15) is 4.31 Å². The van der Waals surface area contributed by atoms with Gasteiger partial charge in [-0.05, 0) is 13.3 Å². The first-order chi connectivity index (χ1) is 7.32. The van der Waals surface area contributed by atoms with Crippen molar-refractivity contribution in [2.45, 2.75) is 26.3 Å². The van der Waals surface area contributed by atoms with Gasteiger partial charge >= 0.3 is 6.09 Å². The van der Waals surface area contributed by atoms with Gasteiger partial charge < -0.3 is 10.1 Å². The van der Waals surface area contributed by atoms with E-state index >= 15 is 0 Å². The number of carbonyl (C=O) groups excluding carboxylic acids is 1. The Kier molecular flexibility index (Phi) is 6.35. The van der Waals surface area contributed by atoms with Crippen LogP contribution in [0.25, 0.3) is 0 Å². The molecule has 16 heavy (non-hydrogen) atoms. The summed E-state index contributed by atoms with van der Waals surface area (Å²) in [6, 6.07) is -0.0746. The summed E-state index contributed by atoms with van der Waals surface area (Å²) in [5.41, 5.74) is 0. The van der Waals surface area contributed by atoms with Gasteiger partial charge in [-0.15, -0.1) is 0 Å². The SMILES string of the molecule is CCC(C)N(CCNC(=O)OC)S(C)(=O)=O. The second kappa shape index (κ2) is 6.70. The Morgan fingerprint density at radius 3 is 2.44 bits per heavy atom. The minimum atomic E-state index is -3.24. The fourth-order valence-corrected chi connectivity index (χ4v) is 2.48. The number of methoxy groups -OCH3 is 1. The molecular formula is C9H20N2O4S. The van der Waals surface area contributed by atoms with Crippen LogP contribution >= 0.6 is 0 Å². The van der Waals surface area contributed by atoms with E-state index in [0.29, 0.717) is 0 Å². The Hall–Kier alpha value is -0.820. The Morgan fingerprint density at radius 2 is 2.06 bits per heavy atom. The van der Waals surface area contributed by atoms with Crippen LogP contribution in [0.15, 0.2) is 0 Å². The molecule has 0 aliphatic heterocycles. The average Bonchev–Trinajstić information content (AvgIpc) is 2.21. The first-order valence-electron chi connectivity index (χ1n) is 5.11. The molecule has 0 aromatic carbocycles. The van der Waals surface area contributed by atoms with Crippen LogP contribution in [-0.2, 0) is 14.8 Å². The van der Waals surface area contributed by atoms with E-state index in [0.717, 1.165) is 12.7 Å². The lowest BCUT2D eigenvalue weighted by atomic mass is 10.2. The smallest absolute Gasteiger partial charge is 0.406 e. The molecule has 0 heterocycles. The number of nitrogens with zero attached hydrogens (tertiary/aromatic N) is 1. The molecule has 0 aliphatic carbocycles. The third-order valence-corrected chi connectivity index (χ3v) is 3.69. The lowest BCUT2D eigenvalue weighted by Gasteiger charge is -2.25. The highest BCUT2D eigenvalue weighted by Gasteiger charge is 2.21. The summed E-state index contributed by atoms with van der Waals surface area (Å²) >= 11 is 0. The monoisotopic (exact) mass is 252 g/mol. The molecule has 0 aliphatic rings. The van der Waals surface area contributed by atoms with Crippen molar-refractivity contribution >= 4 is 16.1 Å². The summed E-state index contributed by atoms with van der Waals surface area (Å²) in [6.07, 6.45) is 1.33. The van der Waals surface area contributed by atoms with Crippen LogP contribution in [-0.4, -0.2) is 51.3 Å². The van der Waals surface area contributed by atoms with Crippen LogP contribution in [0.2, 0.25) is 0 Å². The van der Waals surface area contributed by atoms with Crippen molar-refractivity contribution in [3.63, 3.8) is 0 Å². The van der Waals surface area contributed by atoms with Gasteiger partial charge in [0.15, 0.2) is 0 Å². The third-order valence-electron chi connectivity index (χ3n) is 2.30. The molecule has 0 saturated heterocycles. The molecular weight excluding hydrogens is 232 g/mol. The van der Waals surface area contributed by atoms with E-state index in [1.54, 1.807) is 0 Å². The average molecular weight is 252 g/mol. The number of amides is 1.